The summed E-state index contributed by atoms with van der Waals surface area (Å²) in [5.41, 5.74) is 7.47. The third kappa shape index (κ3) is 5.11. The molecule has 1 fully saturated rings. The van der Waals surface area contributed by atoms with Crippen LogP contribution in [0, 0.1) is 5.41 Å². The van der Waals surface area contributed by atoms with E-state index in [2.05, 4.69) is 38.7 Å². The van der Waals surface area contributed by atoms with E-state index in [-0.39, 0.29) is 10.3 Å². The standard InChI is InChI=1S/C22H27N5O2S2/c1-30-21(25-31(28,29)20-9-7-19(23)8-10-20)27-17-22(16-24-27)11-13-26(14-12-22)15-18-5-3-2-4-6-18/h2-10,16H,11-15,17,23H2,1H3. The van der Waals surface area contributed by atoms with E-state index >= 15 is 0 Å². The highest BCUT2D eigenvalue weighted by Crippen LogP contribution is 2.36. The number of sulfonamides is 1. The van der Waals surface area contributed by atoms with Crippen molar-refractivity contribution >= 4 is 38.9 Å². The molecule has 2 aromatic rings. The number of nitrogens with two attached hydrogens (primary N) is 1. The molecule has 1 saturated heterocycles. The Kier molecular flexibility index (Phi) is 6.36. The molecule has 0 bridgehead atoms. The minimum absolute atomic E-state index is 0.0331. The molecule has 0 aromatic heterocycles. The van der Waals surface area contributed by atoms with E-state index in [9.17, 15) is 8.42 Å². The van der Waals surface area contributed by atoms with Crippen molar-refractivity contribution in [1.29, 1.82) is 0 Å². The van der Waals surface area contributed by atoms with Crippen molar-refractivity contribution in [3.8, 4) is 0 Å². The van der Waals surface area contributed by atoms with Gasteiger partial charge in [-0.15, -0.1) is 4.40 Å². The molecule has 0 amide bonds. The van der Waals surface area contributed by atoms with Crippen LogP contribution >= 0.6 is 11.8 Å². The monoisotopic (exact) mass is 457 g/mol. The number of hydrogen-bond acceptors (Lipinski definition) is 6. The van der Waals surface area contributed by atoms with Gasteiger partial charge >= 0.3 is 0 Å². The summed E-state index contributed by atoms with van der Waals surface area (Å²) in [6, 6.07) is 16.6. The number of benzene rings is 2. The molecule has 0 radical (unpaired) electrons. The first-order valence-corrected chi connectivity index (χ1v) is 12.9. The maximum atomic E-state index is 12.7. The molecule has 9 heteroatoms. The van der Waals surface area contributed by atoms with Gasteiger partial charge in [-0.3, -0.25) is 4.90 Å². The van der Waals surface area contributed by atoms with Gasteiger partial charge in [0.2, 0.25) is 0 Å². The molecule has 4 rings (SSSR count). The van der Waals surface area contributed by atoms with Crippen molar-refractivity contribution < 1.29 is 8.42 Å². The fraction of sp³-hybridized carbons (Fsp3) is 0.364. The number of anilines is 1. The molecule has 2 heterocycles. The van der Waals surface area contributed by atoms with Crippen molar-refractivity contribution in [3.05, 3.63) is 60.2 Å². The molecule has 7 nitrogen and oxygen atoms in total. The van der Waals surface area contributed by atoms with Gasteiger partial charge in [-0.25, -0.2) is 5.01 Å². The van der Waals surface area contributed by atoms with Gasteiger partial charge in [-0.2, -0.15) is 13.5 Å². The Bertz CT molecular complexity index is 1060. The Balaban J connectivity index is 1.41. The van der Waals surface area contributed by atoms with Gasteiger partial charge in [-0.1, -0.05) is 42.1 Å². The van der Waals surface area contributed by atoms with Gasteiger partial charge in [0.15, 0.2) is 5.17 Å². The number of nitrogen functional groups attached to an aromatic ring is 1. The zero-order valence-corrected chi connectivity index (χ0v) is 19.1. The van der Waals surface area contributed by atoms with Crippen LogP contribution in [0.4, 0.5) is 5.69 Å². The number of amidine groups is 1. The van der Waals surface area contributed by atoms with E-state index < -0.39 is 10.0 Å². The van der Waals surface area contributed by atoms with Gasteiger partial charge < -0.3 is 5.73 Å². The molecular weight excluding hydrogens is 430 g/mol. The average molecular weight is 458 g/mol. The molecule has 2 aliphatic heterocycles. The number of nitrogens with zero attached hydrogens (tertiary/aromatic N) is 4. The Morgan fingerprint density at radius 3 is 2.45 bits per heavy atom. The summed E-state index contributed by atoms with van der Waals surface area (Å²) in [6.45, 7) is 3.59. The van der Waals surface area contributed by atoms with Crippen molar-refractivity contribution in [2.24, 2.45) is 14.9 Å². The third-order valence-corrected chi connectivity index (χ3v) is 7.88. The Labute approximate surface area is 188 Å². The van der Waals surface area contributed by atoms with E-state index in [1.165, 1.54) is 29.5 Å². The largest absolute Gasteiger partial charge is 0.399 e. The van der Waals surface area contributed by atoms with Crippen LogP contribution in [0.5, 0.6) is 0 Å². The highest BCUT2D eigenvalue weighted by molar-refractivity contribution is 8.13. The highest BCUT2D eigenvalue weighted by atomic mass is 32.2. The molecular formula is C22H27N5O2S2. The number of thioether (sulfide) groups is 1. The second-order valence-electron chi connectivity index (χ2n) is 8.05. The Morgan fingerprint density at radius 1 is 1.13 bits per heavy atom. The first-order valence-electron chi connectivity index (χ1n) is 10.2. The van der Waals surface area contributed by atoms with E-state index in [0.29, 0.717) is 17.4 Å². The van der Waals surface area contributed by atoms with Crippen LogP contribution in [-0.4, -0.2) is 55.6 Å². The first-order chi connectivity index (χ1) is 14.9. The van der Waals surface area contributed by atoms with Gasteiger partial charge in [0.25, 0.3) is 10.0 Å². The summed E-state index contributed by atoms with van der Waals surface area (Å²) < 4.78 is 29.5. The quantitative estimate of drug-likeness (QED) is 0.430. The molecule has 164 valence electrons. The fourth-order valence-electron chi connectivity index (χ4n) is 3.96. The van der Waals surface area contributed by atoms with Crippen LogP contribution in [0.3, 0.4) is 0 Å². The second kappa shape index (κ2) is 9.02. The fourth-order valence-corrected chi connectivity index (χ4v) is 5.76. The van der Waals surface area contributed by atoms with Gasteiger partial charge in [0, 0.05) is 23.9 Å². The SMILES string of the molecule is CSC(=NS(=O)(=O)c1ccc(N)cc1)N1CC2(C=N1)CCN(Cc1ccccc1)CC2. The molecule has 0 saturated carbocycles. The predicted octanol–water partition coefficient (Wildman–Crippen LogP) is 3.26. The molecule has 2 aliphatic rings. The lowest BCUT2D eigenvalue weighted by atomic mass is 9.80. The molecule has 0 aliphatic carbocycles. The van der Waals surface area contributed by atoms with Crippen LogP contribution in [0.25, 0.3) is 0 Å². The lowest BCUT2D eigenvalue weighted by molar-refractivity contribution is 0.142. The summed E-state index contributed by atoms with van der Waals surface area (Å²) in [6.07, 6.45) is 5.80. The number of rotatable bonds is 4. The lowest BCUT2D eigenvalue weighted by Crippen LogP contribution is -2.43. The number of hydrogen-bond donors (Lipinski definition) is 1. The molecule has 2 aromatic carbocycles. The van der Waals surface area contributed by atoms with Crippen LogP contribution < -0.4 is 5.73 Å². The topological polar surface area (TPSA) is 91.4 Å². The van der Waals surface area contributed by atoms with Crippen LogP contribution in [-0.2, 0) is 16.6 Å². The number of likely N-dealkylation sites (tertiary alicyclic amines) is 1. The van der Waals surface area contributed by atoms with Crippen molar-refractivity contribution in [2.45, 2.75) is 24.3 Å². The van der Waals surface area contributed by atoms with Crippen molar-refractivity contribution in [1.82, 2.24) is 9.91 Å². The zero-order valence-electron chi connectivity index (χ0n) is 17.5. The molecule has 0 unspecified atom stereocenters. The van der Waals surface area contributed by atoms with E-state index in [0.717, 1.165) is 32.5 Å². The Hall–Kier alpha value is -2.36. The van der Waals surface area contributed by atoms with Gasteiger partial charge in [-0.05, 0) is 62.0 Å². The maximum absolute atomic E-state index is 12.7. The summed E-state index contributed by atoms with van der Waals surface area (Å²) >= 11 is 1.29. The predicted molar refractivity (Wildman–Crippen MR) is 128 cm³/mol. The van der Waals surface area contributed by atoms with Crippen LogP contribution in [0.15, 0.2) is 69.0 Å². The van der Waals surface area contributed by atoms with Crippen molar-refractivity contribution in [2.75, 3.05) is 31.6 Å². The summed E-state index contributed by atoms with van der Waals surface area (Å²) in [4.78, 5) is 2.59. The number of hydrazone groups is 1. The third-order valence-electron chi connectivity index (χ3n) is 5.82. The average Bonchev–Trinajstić information content (AvgIpc) is 3.18. The van der Waals surface area contributed by atoms with Crippen molar-refractivity contribution in [3.63, 3.8) is 0 Å². The lowest BCUT2D eigenvalue weighted by Gasteiger charge is -2.37. The minimum atomic E-state index is -3.82. The maximum Gasteiger partial charge on any atom is 0.284 e. The normalized spacial score (nSPS) is 19.3. The highest BCUT2D eigenvalue weighted by Gasteiger charge is 2.39. The molecule has 2 N–H and O–H groups in total. The summed E-state index contributed by atoms with van der Waals surface area (Å²) in [7, 11) is -3.82. The van der Waals surface area contributed by atoms with E-state index in [1.54, 1.807) is 17.1 Å². The number of piperidine rings is 1. The first kappa shape index (κ1) is 21.9. The van der Waals surface area contributed by atoms with Crippen LogP contribution in [0.2, 0.25) is 0 Å². The second-order valence-corrected chi connectivity index (χ2v) is 10.4. The van der Waals surface area contributed by atoms with E-state index in [4.69, 9.17) is 5.73 Å². The summed E-state index contributed by atoms with van der Waals surface area (Å²) in [5.74, 6) is 0. The molecule has 1 spiro atoms. The van der Waals surface area contributed by atoms with E-state index in [1.807, 2.05) is 18.5 Å². The molecule has 0 atom stereocenters. The zero-order chi connectivity index (χ0) is 21.9. The molecule has 31 heavy (non-hydrogen) atoms. The Morgan fingerprint density at radius 2 is 1.81 bits per heavy atom. The minimum Gasteiger partial charge on any atom is -0.399 e. The van der Waals surface area contributed by atoms with Crippen LogP contribution in [0.1, 0.15) is 18.4 Å². The summed E-state index contributed by atoms with van der Waals surface area (Å²) in [5, 5.41) is 6.65. The smallest absolute Gasteiger partial charge is 0.284 e. The van der Waals surface area contributed by atoms with Gasteiger partial charge in [0.05, 0.1) is 11.4 Å². The van der Waals surface area contributed by atoms with Gasteiger partial charge in [0.1, 0.15) is 0 Å².